The summed E-state index contributed by atoms with van der Waals surface area (Å²) in [4.78, 5) is 30.5. The van der Waals surface area contributed by atoms with E-state index < -0.39 is 34.7 Å². The highest BCUT2D eigenvalue weighted by molar-refractivity contribution is 6.18. The first-order chi connectivity index (χ1) is 15.1. The zero-order chi connectivity index (χ0) is 23.2. The lowest BCUT2D eigenvalue weighted by molar-refractivity contribution is -0.136. The van der Waals surface area contributed by atoms with E-state index in [0.29, 0.717) is 22.2 Å². The number of esters is 1. The summed E-state index contributed by atoms with van der Waals surface area (Å²) in [6.07, 6.45) is 1.35. The quantitative estimate of drug-likeness (QED) is 0.586. The predicted molar refractivity (Wildman–Crippen MR) is 113 cm³/mol. The molecule has 0 spiro atoms. The highest BCUT2D eigenvalue weighted by Crippen LogP contribution is 2.40. The number of H-pyrrole nitrogens is 1. The summed E-state index contributed by atoms with van der Waals surface area (Å²) >= 11 is 0. The Morgan fingerprint density at radius 3 is 2.53 bits per heavy atom. The molecule has 0 aliphatic carbocycles. The van der Waals surface area contributed by atoms with E-state index in [1.165, 1.54) is 29.3 Å². The number of nitrogens with one attached hydrogen (secondary N) is 1. The van der Waals surface area contributed by atoms with E-state index in [9.17, 15) is 22.8 Å². The largest absolute Gasteiger partial charge is 0.462 e. The molecule has 8 heteroatoms. The van der Waals surface area contributed by atoms with Crippen LogP contribution in [0.1, 0.15) is 42.4 Å². The molecule has 1 aromatic heterocycles. The van der Waals surface area contributed by atoms with E-state index in [2.05, 4.69) is 4.98 Å². The average molecular weight is 442 g/mol. The summed E-state index contributed by atoms with van der Waals surface area (Å²) in [5.74, 6) is -3.92. The molecular formula is C24H21F3N2O3. The van der Waals surface area contributed by atoms with Crippen LogP contribution < -0.4 is 0 Å². The molecule has 0 saturated heterocycles. The number of halogens is 3. The lowest BCUT2D eigenvalue weighted by Gasteiger charge is -2.29. The third-order valence-corrected chi connectivity index (χ3v) is 5.48. The van der Waals surface area contributed by atoms with Crippen LogP contribution in [0.2, 0.25) is 0 Å². The van der Waals surface area contributed by atoms with Crippen LogP contribution in [0.3, 0.4) is 0 Å². The molecule has 3 aromatic rings. The van der Waals surface area contributed by atoms with E-state index in [1.807, 2.05) is 13.8 Å². The van der Waals surface area contributed by atoms with Gasteiger partial charge in [-0.3, -0.25) is 4.79 Å². The number of carbonyl (C=O) groups is 2. The smallest absolute Gasteiger partial charge is 0.341 e. The Labute approximate surface area is 182 Å². The molecule has 32 heavy (non-hydrogen) atoms. The number of aromatic nitrogens is 1. The fourth-order valence-electron chi connectivity index (χ4n) is 4.13. The SMILES string of the molecule is CCOC(=O)C1=CN(C(=O)c2ccc(F)c(F)c2)CC(C)(C)c2c1[nH]c1ccc(F)cc21. The Morgan fingerprint density at radius 1 is 1.09 bits per heavy atom. The summed E-state index contributed by atoms with van der Waals surface area (Å²) in [6, 6.07) is 7.15. The number of aromatic amines is 1. The molecule has 1 aliphatic rings. The molecule has 1 N–H and O–H groups in total. The van der Waals surface area contributed by atoms with Crippen LogP contribution in [0.25, 0.3) is 16.5 Å². The number of rotatable bonds is 3. The summed E-state index contributed by atoms with van der Waals surface area (Å²) in [6.45, 7) is 5.59. The standard InChI is InChI=1S/C24H21F3N2O3/c1-4-32-23(31)16-11-29(22(30)13-5-7-17(26)18(27)9-13)12-24(2,3)20-15-10-14(25)6-8-19(15)28-21(16)20/h5-11,28H,4,12H2,1-3H3. The summed E-state index contributed by atoms with van der Waals surface area (Å²) < 4.78 is 46.4. The van der Waals surface area contributed by atoms with Crippen molar-refractivity contribution in [3.8, 4) is 0 Å². The van der Waals surface area contributed by atoms with Gasteiger partial charge in [-0.2, -0.15) is 0 Å². The van der Waals surface area contributed by atoms with Gasteiger partial charge in [-0.05, 0) is 48.9 Å². The predicted octanol–water partition coefficient (Wildman–Crippen LogP) is 4.92. The Bertz CT molecular complexity index is 1280. The van der Waals surface area contributed by atoms with Gasteiger partial charge in [0, 0.05) is 34.6 Å². The zero-order valence-electron chi connectivity index (χ0n) is 17.8. The minimum atomic E-state index is -1.15. The number of amides is 1. The normalized spacial score (nSPS) is 15.2. The van der Waals surface area contributed by atoms with Crippen molar-refractivity contribution in [2.75, 3.05) is 13.2 Å². The molecule has 0 radical (unpaired) electrons. The summed E-state index contributed by atoms with van der Waals surface area (Å²) in [7, 11) is 0. The van der Waals surface area contributed by atoms with Crippen molar-refractivity contribution in [1.82, 2.24) is 9.88 Å². The number of carbonyl (C=O) groups excluding carboxylic acids is 2. The van der Waals surface area contributed by atoms with Gasteiger partial charge < -0.3 is 14.6 Å². The number of fused-ring (bicyclic) bond motifs is 3. The molecule has 1 amide bonds. The second-order valence-corrected chi connectivity index (χ2v) is 8.27. The fourth-order valence-corrected chi connectivity index (χ4v) is 4.13. The third kappa shape index (κ3) is 3.66. The molecule has 5 nitrogen and oxygen atoms in total. The number of benzene rings is 2. The van der Waals surface area contributed by atoms with Crippen molar-refractivity contribution in [3.63, 3.8) is 0 Å². The van der Waals surface area contributed by atoms with Crippen molar-refractivity contribution in [3.05, 3.63) is 76.9 Å². The van der Waals surface area contributed by atoms with Crippen LogP contribution in [-0.2, 0) is 14.9 Å². The monoisotopic (exact) mass is 442 g/mol. The first-order valence-corrected chi connectivity index (χ1v) is 10.1. The molecule has 0 bridgehead atoms. The van der Waals surface area contributed by atoms with Gasteiger partial charge in [-0.1, -0.05) is 13.8 Å². The molecule has 166 valence electrons. The van der Waals surface area contributed by atoms with Gasteiger partial charge in [0.2, 0.25) is 0 Å². The molecule has 0 unspecified atom stereocenters. The van der Waals surface area contributed by atoms with E-state index >= 15 is 0 Å². The Hall–Kier alpha value is -3.55. The third-order valence-electron chi connectivity index (χ3n) is 5.48. The van der Waals surface area contributed by atoms with Gasteiger partial charge in [-0.15, -0.1) is 0 Å². The van der Waals surface area contributed by atoms with Gasteiger partial charge in [0.05, 0.1) is 17.9 Å². The van der Waals surface area contributed by atoms with Gasteiger partial charge in [0.1, 0.15) is 5.82 Å². The van der Waals surface area contributed by atoms with Crippen LogP contribution in [0, 0.1) is 17.5 Å². The molecule has 0 saturated carbocycles. The lowest BCUT2D eigenvalue weighted by Crippen LogP contribution is -2.37. The van der Waals surface area contributed by atoms with Gasteiger partial charge in [0.15, 0.2) is 11.6 Å². The first kappa shape index (κ1) is 21.7. The maximum atomic E-state index is 14.1. The van der Waals surface area contributed by atoms with Crippen LogP contribution in [0.15, 0.2) is 42.6 Å². The average Bonchev–Trinajstić information content (AvgIpc) is 3.06. The van der Waals surface area contributed by atoms with Gasteiger partial charge in [0.25, 0.3) is 5.91 Å². The van der Waals surface area contributed by atoms with E-state index in [1.54, 1.807) is 13.0 Å². The van der Waals surface area contributed by atoms with Crippen LogP contribution in [0.4, 0.5) is 13.2 Å². The maximum absolute atomic E-state index is 14.1. The van der Waals surface area contributed by atoms with Crippen molar-refractivity contribution in [1.29, 1.82) is 0 Å². The topological polar surface area (TPSA) is 62.4 Å². The zero-order valence-corrected chi connectivity index (χ0v) is 17.8. The second kappa shape index (κ2) is 7.85. The highest BCUT2D eigenvalue weighted by atomic mass is 19.2. The van der Waals surface area contributed by atoms with Gasteiger partial charge in [-0.25, -0.2) is 18.0 Å². The van der Waals surface area contributed by atoms with Crippen LogP contribution in [-0.4, -0.2) is 34.9 Å². The van der Waals surface area contributed by atoms with Crippen LogP contribution >= 0.6 is 0 Å². The van der Waals surface area contributed by atoms with E-state index in [0.717, 1.165) is 12.1 Å². The maximum Gasteiger partial charge on any atom is 0.341 e. The van der Waals surface area contributed by atoms with E-state index in [-0.39, 0.29) is 24.3 Å². The number of ether oxygens (including phenoxy) is 1. The molecule has 2 heterocycles. The van der Waals surface area contributed by atoms with Gasteiger partial charge >= 0.3 is 5.97 Å². The van der Waals surface area contributed by atoms with Crippen LogP contribution in [0.5, 0.6) is 0 Å². The molecule has 0 atom stereocenters. The van der Waals surface area contributed by atoms with Crippen molar-refractivity contribution in [2.45, 2.75) is 26.2 Å². The number of hydrogen-bond donors (Lipinski definition) is 1. The Kier molecular flexibility index (Phi) is 5.32. The molecule has 1 aliphatic heterocycles. The molecule has 0 fully saturated rings. The Balaban J connectivity index is 1.90. The fraction of sp³-hybridized carbons (Fsp3) is 0.250. The minimum absolute atomic E-state index is 0.0689. The Morgan fingerprint density at radius 2 is 1.84 bits per heavy atom. The number of hydrogen-bond acceptors (Lipinski definition) is 3. The highest BCUT2D eigenvalue weighted by Gasteiger charge is 2.37. The molecule has 2 aromatic carbocycles. The second-order valence-electron chi connectivity index (χ2n) is 8.27. The first-order valence-electron chi connectivity index (χ1n) is 10.1. The molecular weight excluding hydrogens is 421 g/mol. The summed E-state index contributed by atoms with van der Waals surface area (Å²) in [5.41, 5.74) is 1.00. The van der Waals surface area contributed by atoms with Crippen molar-refractivity contribution < 1.29 is 27.5 Å². The van der Waals surface area contributed by atoms with Crippen molar-refractivity contribution >= 4 is 28.4 Å². The number of nitrogens with zero attached hydrogens (tertiary/aromatic N) is 1. The van der Waals surface area contributed by atoms with Crippen molar-refractivity contribution in [2.24, 2.45) is 0 Å². The van der Waals surface area contributed by atoms with E-state index in [4.69, 9.17) is 4.74 Å². The molecule has 4 rings (SSSR count). The summed E-state index contributed by atoms with van der Waals surface area (Å²) in [5, 5.41) is 0.585. The minimum Gasteiger partial charge on any atom is -0.462 e. The lowest BCUT2D eigenvalue weighted by atomic mass is 9.81.